The summed E-state index contributed by atoms with van der Waals surface area (Å²) in [6.45, 7) is 25.0. The molecule has 753 valence electrons. The van der Waals surface area contributed by atoms with Gasteiger partial charge in [0.25, 0.3) is 33.7 Å². The Morgan fingerprint density at radius 1 is 0.583 bits per heavy atom. The quantitative estimate of drug-likeness (QED) is 0.00937. The molecule has 0 unspecified atom stereocenters. The van der Waals surface area contributed by atoms with Crippen molar-refractivity contribution in [3.63, 3.8) is 0 Å². The zero-order valence-corrected chi connectivity index (χ0v) is 86.6. The number of rotatable bonds is 28. The maximum absolute atomic E-state index is 12.9. The van der Waals surface area contributed by atoms with Crippen molar-refractivity contribution in [3.8, 4) is 51.0 Å². The molecule has 4 amide bonds. The van der Waals surface area contributed by atoms with Gasteiger partial charge in [0.05, 0.1) is 118 Å². The maximum Gasteiger partial charge on any atom is 2.00 e. The molecule has 6 fully saturated rings. The van der Waals surface area contributed by atoms with Crippen LogP contribution in [0.2, 0.25) is 0 Å². The third kappa shape index (κ3) is 33.9. The summed E-state index contributed by atoms with van der Waals surface area (Å²) in [5.74, 6) is 2.47. The molecule has 4 heterocycles. The number of aliphatic hydroxyl groups excluding tert-OH is 2. The number of hydrogen-bond donors (Lipinski definition) is 14. The number of nitrogens with two attached hydrogens (primary N) is 2. The zero-order chi connectivity index (χ0) is 101. The molecule has 6 aliphatic rings. The first-order valence-electron chi connectivity index (χ1n) is 47.4. The molecule has 30 nitrogen and oxygen atoms in total. The maximum atomic E-state index is 12.9. The van der Waals surface area contributed by atoms with Crippen LogP contribution in [0.25, 0.3) is 39.0 Å². The first-order chi connectivity index (χ1) is 65.4. The number of benzene rings is 6. The van der Waals surface area contributed by atoms with Crippen molar-refractivity contribution >= 4 is 101 Å². The Labute approximate surface area is 842 Å². The Balaban J connectivity index is 0.000000221. The molecule has 0 atom stereocenters. The van der Waals surface area contributed by atoms with Crippen molar-refractivity contribution in [2.45, 2.75) is 263 Å². The van der Waals surface area contributed by atoms with Crippen molar-refractivity contribution in [2.24, 2.45) is 22.3 Å². The molecule has 139 heavy (non-hydrogen) atoms. The van der Waals surface area contributed by atoms with E-state index in [4.69, 9.17) is 80.7 Å². The molecule has 37 heteroatoms. The number of amides is 4. The Morgan fingerprint density at radius 2 is 0.993 bits per heavy atom. The van der Waals surface area contributed by atoms with Gasteiger partial charge in [0, 0.05) is 36.1 Å². The second-order valence-corrected chi connectivity index (χ2v) is 43.9. The van der Waals surface area contributed by atoms with E-state index in [-0.39, 0.29) is 99.3 Å². The van der Waals surface area contributed by atoms with Crippen LogP contribution in [0.15, 0.2) is 175 Å². The minimum absolute atomic E-state index is 0. The molecular weight excluding hydrogens is 1970 g/mol. The number of nitrogens with one attached hydrogen (secondary N) is 3. The van der Waals surface area contributed by atoms with Gasteiger partial charge < -0.3 is 97.0 Å². The van der Waals surface area contributed by atoms with E-state index in [1.165, 1.54) is 94.2 Å². The van der Waals surface area contributed by atoms with Gasteiger partial charge in [-0.2, -0.15) is 24.3 Å². The SMILES string of the molecule is CC.CC(C)(O)COc1ccc2c(C(=O)NC3CC4(C3)CC(Oc3cc(Br)ccc3C(N)=O)C4)cnn2c1.CC(C)(O)COc1ccc2c(C(=O)NC3CC4(C3)CC(Oc3cc(O[B]O)ccc3C(N)=O)C4)cnn2c1.CC(C)c1cc(C(C)C)c(-c2ccccc2[PH+](C2CCCCC2)C2CCCCC2)c(C(C)C)c1.CS(=O)(=O)O.OB(O)B(O)O.OCCO.[NH-]c1ccccc1-c1[c-]cccc1.[Pd+2]. The largest absolute Gasteiger partial charge is 2.00 e. The van der Waals surface area contributed by atoms with Gasteiger partial charge in [0.2, 0.25) is 0 Å². The molecule has 0 bridgehead atoms. The summed E-state index contributed by atoms with van der Waals surface area (Å²) in [6.07, 6.45) is 28.7. The van der Waals surface area contributed by atoms with Gasteiger partial charge in [-0.15, -0.1) is 41.5 Å². The van der Waals surface area contributed by atoms with Crippen LogP contribution >= 0.6 is 23.9 Å². The first-order valence-corrected chi connectivity index (χ1v) is 51.7. The van der Waals surface area contributed by atoms with Gasteiger partial charge in [0.15, 0.2) is 0 Å². The third-order valence-corrected chi connectivity index (χ3v) is 29.4. The van der Waals surface area contributed by atoms with Crippen LogP contribution in [0, 0.1) is 16.9 Å². The number of carbonyl (C=O) groups excluding carboxylic acids is 4. The minimum Gasteiger partial charge on any atom is -0.706 e. The van der Waals surface area contributed by atoms with Crippen LogP contribution in [0.5, 0.6) is 28.7 Å². The number of primary amides is 2. The number of carbonyl (C=O) groups is 4. The fraction of sp³-hybridized carbons (Fsp3) is 0.471. The average Bonchev–Trinajstić information content (AvgIpc) is 1.10. The van der Waals surface area contributed by atoms with Crippen molar-refractivity contribution in [3.05, 3.63) is 226 Å². The van der Waals surface area contributed by atoms with Gasteiger partial charge in [-0.05, 0) is 242 Å². The van der Waals surface area contributed by atoms with Gasteiger partial charge >= 0.3 is 42.1 Å². The van der Waals surface area contributed by atoms with E-state index in [2.05, 4.69) is 121 Å². The number of nitrogens with zero attached hydrogens (tertiary/aromatic N) is 4. The number of aliphatic hydroxyl groups is 4. The Morgan fingerprint density at radius 3 is 1.38 bits per heavy atom. The second kappa shape index (κ2) is 53.2. The van der Waals surface area contributed by atoms with Crippen molar-refractivity contribution in [1.29, 1.82) is 0 Å². The molecule has 2 spiro atoms. The smallest absolute Gasteiger partial charge is 0.706 e. The van der Waals surface area contributed by atoms with E-state index in [1.54, 1.807) is 131 Å². The van der Waals surface area contributed by atoms with Crippen molar-refractivity contribution in [1.82, 2.24) is 29.9 Å². The fourth-order valence-electron chi connectivity index (χ4n) is 18.5. The van der Waals surface area contributed by atoms with Crippen molar-refractivity contribution < 1.29 is 122 Å². The minimum atomic E-state index is -3.67. The number of fused-ring (bicyclic) bond motifs is 2. The van der Waals surface area contributed by atoms with Crippen LogP contribution in [0.4, 0.5) is 5.69 Å². The molecule has 4 aromatic heterocycles. The number of ether oxygens (including phenoxy) is 4. The number of aromatic nitrogens is 4. The monoisotopic (exact) mass is 2110 g/mol. The first kappa shape index (κ1) is 115. The Bertz CT molecular complexity index is 5670. The standard InChI is InChI=1S/C33H49P.C26H30BN4O7.C26H29BrN4O5.C12H9N.C2H6O2.C2H6.CH4O3S.B2H4O4.Pd/c1-23(2)26-21-30(24(3)4)33(31(22-26)25(5)6)29-19-13-14-20-32(29)34(27-15-9-7-10-16-27)28-17-11-8-12-18-28;1-25(2,34)14-36-17-4-6-21-20(12-29-31(21)13-17)24(33)30-15-8-26(9-15)10-18(11-26)37-22-7-16(38-27-35)3-5-19(22)23(28)32;1-25(2,34)14-35-17-4-6-21-20(12-29-31(21)13-17)24(33)30-16-8-26(9-16)10-18(11-26)36-22-7-15(27)3-5-19(22)23(28)32;13-12-9-5-4-8-11(12)10-6-2-1-3-7-10;3-1-2-4;1-2;1-5(2,3)4;3-1(4)2(5)6;/h13-14,19-25,27-28H,7-12,15-18H2,1-6H3;3-7,12-13,15,18,34-35H,8-11,14H2,1-2H3,(H2,28,32)(H,30,33);3-7,12-13,16,18,34H,8-11,14H2,1-2H3,(H2,28,32)(H,30,33);1-6,8-9,13H;3-4H,1-2H2;1-2H3;1H3,(H,2,3,4);3-6H;/q;;;-2;;;;;+2/p+1. The van der Waals surface area contributed by atoms with E-state index < -0.39 is 55.1 Å². The zero-order valence-electron chi connectivity index (χ0n) is 81.7. The third-order valence-electron chi connectivity index (χ3n) is 24.9. The van der Waals surface area contributed by atoms with Crippen LogP contribution < -0.4 is 51.0 Å². The summed E-state index contributed by atoms with van der Waals surface area (Å²) >= 11 is 3.41. The van der Waals surface area contributed by atoms with Gasteiger partial charge in [0.1, 0.15) is 42.0 Å². The molecule has 10 aromatic rings. The summed E-state index contributed by atoms with van der Waals surface area (Å²) in [7, 11) is -7.79. The molecular formula is C102H138B3BrN9O21PPdS+. The van der Waals surface area contributed by atoms with Gasteiger partial charge in [-0.25, -0.2) is 9.03 Å². The fourth-order valence-corrected chi connectivity index (χ4v) is 23.3. The van der Waals surface area contributed by atoms with Crippen molar-refractivity contribution in [2.75, 3.05) is 32.7 Å². The molecule has 16 rings (SSSR count). The molecule has 17 N–H and O–H groups in total. The van der Waals surface area contributed by atoms with Crippen LogP contribution in [0.1, 0.15) is 275 Å². The average molecular weight is 2110 g/mol. The normalized spacial score (nSPS) is 18.6. The molecule has 0 saturated heterocycles. The molecule has 1 radical (unpaired) electrons. The van der Waals surface area contributed by atoms with E-state index in [1.807, 2.05) is 56.3 Å². The van der Waals surface area contributed by atoms with Crippen LogP contribution in [0.3, 0.4) is 0 Å². The molecule has 6 aliphatic carbocycles. The number of halogens is 1. The Hall–Kier alpha value is -9.30. The Kier molecular flexibility index (Phi) is 44.0. The molecule has 6 saturated carbocycles. The molecule has 0 aliphatic heterocycles. The topological polar surface area (TPSA) is 485 Å². The molecule has 6 aromatic carbocycles. The number of hydrogen-bond acceptors (Lipinski definition) is 22. The second-order valence-electron chi connectivity index (χ2n) is 38.5. The van der Waals surface area contributed by atoms with E-state index in [0.29, 0.717) is 93.9 Å². The van der Waals surface area contributed by atoms with Gasteiger partial charge in [-0.3, -0.25) is 23.7 Å². The predicted octanol–water partition coefficient (Wildman–Crippen LogP) is 15.6. The predicted molar refractivity (Wildman–Crippen MR) is 547 cm³/mol. The number of pyridine rings is 2. The van der Waals surface area contributed by atoms with E-state index in [9.17, 15) is 37.8 Å². The van der Waals surface area contributed by atoms with Crippen LogP contribution in [-0.4, -0.2) is 203 Å². The summed E-state index contributed by atoms with van der Waals surface area (Å²) in [5, 5.41) is 91.1. The van der Waals surface area contributed by atoms with Gasteiger partial charge in [-0.1, -0.05) is 139 Å². The van der Waals surface area contributed by atoms with Crippen LogP contribution in [-0.2, 0) is 30.5 Å². The summed E-state index contributed by atoms with van der Waals surface area (Å²) in [4.78, 5) is 49.3. The van der Waals surface area contributed by atoms with E-state index in [0.717, 1.165) is 78.3 Å². The summed E-state index contributed by atoms with van der Waals surface area (Å²) in [6, 6.07) is 50.2. The summed E-state index contributed by atoms with van der Waals surface area (Å²) < 4.78 is 58.2. The van der Waals surface area contributed by atoms with E-state index >= 15 is 0 Å². The summed E-state index contributed by atoms with van der Waals surface area (Å²) in [5.41, 5.74) is 32.3.